The van der Waals surface area contributed by atoms with Crippen LogP contribution in [0.3, 0.4) is 0 Å². The molecule has 0 spiro atoms. The molecule has 0 aromatic heterocycles. The Labute approximate surface area is 117 Å². The molecule has 0 aliphatic rings. The van der Waals surface area contributed by atoms with Crippen molar-refractivity contribution in [3.63, 3.8) is 0 Å². The predicted molar refractivity (Wildman–Crippen MR) is 75.2 cm³/mol. The third-order valence-corrected chi connectivity index (χ3v) is 3.19. The van der Waals surface area contributed by atoms with Gasteiger partial charge >= 0.3 is 0 Å². The summed E-state index contributed by atoms with van der Waals surface area (Å²) in [6, 6.07) is 18.2. The van der Waals surface area contributed by atoms with E-state index in [-0.39, 0.29) is 12.2 Å². The number of rotatable bonds is 4. The molecular formula is C16H12ClNO. The number of carbonyl (C=O) groups is 1. The number of hydrogen-bond acceptors (Lipinski definition) is 2. The number of Topliss-reactive ketones (excluding diaryl/α,β-unsaturated/α-hetero) is 1. The van der Waals surface area contributed by atoms with Crippen LogP contribution in [0, 0.1) is 11.3 Å². The molecule has 0 saturated heterocycles. The molecule has 0 N–H and O–H groups in total. The van der Waals surface area contributed by atoms with Gasteiger partial charge in [0.15, 0.2) is 5.78 Å². The molecular weight excluding hydrogens is 258 g/mol. The molecule has 0 saturated carbocycles. The molecule has 0 radical (unpaired) electrons. The van der Waals surface area contributed by atoms with E-state index in [0.29, 0.717) is 10.6 Å². The predicted octanol–water partition coefficient (Wildman–Crippen LogP) is 4.22. The van der Waals surface area contributed by atoms with E-state index in [4.69, 9.17) is 16.9 Å². The minimum atomic E-state index is -0.424. The van der Waals surface area contributed by atoms with Gasteiger partial charge in [-0.3, -0.25) is 4.79 Å². The fraction of sp³-hybridized carbons (Fsp3) is 0.125. The Balaban J connectivity index is 2.32. The largest absolute Gasteiger partial charge is 0.293 e. The van der Waals surface area contributed by atoms with Crippen LogP contribution >= 0.6 is 11.6 Å². The van der Waals surface area contributed by atoms with Crippen LogP contribution in [0.25, 0.3) is 0 Å². The SMILES string of the molecule is N#CCC(C(=O)c1ccc(Cl)cc1)c1ccccc1. The Morgan fingerprint density at radius 2 is 1.74 bits per heavy atom. The molecule has 3 heteroatoms. The van der Waals surface area contributed by atoms with E-state index < -0.39 is 5.92 Å². The summed E-state index contributed by atoms with van der Waals surface area (Å²) in [6.45, 7) is 0. The summed E-state index contributed by atoms with van der Waals surface area (Å²) in [7, 11) is 0. The molecule has 0 heterocycles. The van der Waals surface area contributed by atoms with Crippen molar-refractivity contribution in [2.45, 2.75) is 12.3 Å². The second-order valence-electron chi connectivity index (χ2n) is 4.20. The number of nitrogens with zero attached hydrogens (tertiary/aromatic N) is 1. The molecule has 0 aliphatic carbocycles. The van der Waals surface area contributed by atoms with Crippen LogP contribution in [-0.4, -0.2) is 5.78 Å². The summed E-state index contributed by atoms with van der Waals surface area (Å²) in [4.78, 5) is 12.5. The zero-order valence-corrected chi connectivity index (χ0v) is 11.0. The van der Waals surface area contributed by atoms with Gasteiger partial charge < -0.3 is 0 Å². The molecule has 2 aromatic carbocycles. The first kappa shape index (κ1) is 13.3. The first-order valence-corrected chi connectivity index (χ1v) is 6.32. The Morgan fingerprint density at radius 3 is 2.32 bits per heavy atom. The van der Waals surface area contributed by atoms with E-state index in [1.165, 1.54) is 0 Å². The van der Waals surface area contributed by atoms with E-state index in [0.717, 1.165) is 5.56 Å². The van der Waals surface area contributed by atoms with Crippen LogP contribution in [0.1, 0.15) is 28.3 Å². The molecule has 0 fully saturated rings. The number of halogens is 1. The Morgan fingerprint density at radius 1 is 1.11 bits per heavy atom. The highest BCUT2D eigenvalue weighted by Crippen LogP contribution is 2.24. The van der Waals surface area contributed by atoms with Crippen LogP contribution in [-0.2, 0) is 0 Å². The number of benzene rings is 2. The van der Waals surface area contributed by atoms with Crippen LogP contribution in [0.15, 0.2) is 54.6 Å². The first-order chi connectivity index (χ1) is 9.22. The molecule has 2 nitrogen and oxygen atoms in total. The van der Waals surface area contributed by atoms with Gasteiger partial charge in [0.25, 0.3) is 0 Å². The zero-order chi connectivity index (χ0) is 13.7. The maximum absolute atomic E-state index is 12.5. The van der Waals surface area contributed by atoms with Crippen LogP contribution in [0.4, 0.5) is 0 Å². The normalized spacial score (nSPS) is 11.6. The summed E-state index contributed by atoms with van der Waals surface area (Å²) >= 11 is 5.81. The number of nitriles is 1. The quantitative estimate of drug-likeness (QED) is 0.780. The van der Waals surface area contributed by atoms with Crippen LogP contribution < -0.4 is 0 Å². The van der Waals surface area contributed by atoms with Gasteiger partial charge in [0.05, 0.1) is 12.0 Å². The van der Waals surface area contributed by atoms with Crippen molar-refractivity contribution in [1.82, 2.24) is 0 Å². The highest BCUT2D eigenvalue weighted by molar-refractivity contribution is 6.30. The fourth-order valence-corrected chi connectivity index (χ4v) is 2.08. The topological polar surface area (TPSA) is 40.9 Å². The molecule has 0 bridgehead atoms. The average molecular weight is 270 g/mol. The van der Waals surface area contributed by atoms with E-state index in [1.54, 1.807) is 24.3 Å². The van der Waals surface area contributed by atoms with Crippen molar-refractivity contribution in [3.8, 4) is 6.07 Å². The van der Waals surface area contributed by atoms with Gasteiger partial charge in [-0.2, -0.15) is 5.26 Å². The van der Waals surface area contributed by atoms with Gasteiger partial charge in [-0.1, -0.05) is 41.9 Å². The standard InChI is InChI=1S/C16H12ClNO/c17-14-8-6-13(7-9-14)16(19)15(10-11-18)12-4-2-1-3-5-12/h1-9,15H,10H2. The van der Waals surface area contributed by atoms with Crippen molar-refractivity contribution in [1.29, 1.82) is 5.26 Å². The fourth-order valence-electron chi connectivity index (χ4n) is 1.95. The highest BCUT2D eigenvalue weighted by atomic mass is 35.5. The number of carbonyl (C=O) groups excluding carboxylic acids is 1. The maximum Gasteiger partial charge on any atom is 0.171 e. The Kier molecular flexibility index (Phi) is 4.33. The molecule has 2 rings (SSSR count). The molecule has 1 atom stereocenters. The molecule has 94 valence electrons. The first-order valence-electron chi connectivity index (χ1n) is 5.94. The van der Waals surface area contributed by atoms with E-state index in [1.807, 2.05) is 30.3 Å². The lowest BCUT2D eigenvalue weighted by Crippen LogP contribution is -2.12. The second kappa shape index (κ2) is 6.17. The molecule has 0 amide bonds. The Hall–Kier alpha value is -2.11. The number of hydrogen-bond donors (Lipinski definition) is 0. The lowest BCUT2D eigenvalue weighted by atomic mass is 9.88. The lowest BCUT2D eigenvalue weighted by molar-refractivity contribution is 0.0960. The van der Waals surface area contributed by atoms with Gasteiger partial charge in [0.1, 0.15) is 0 Å². The van der Waals surface area contributed by atoms with Crippen LogP contribution in [0.5, 0.6) is 0 Å². The highest BCUT2D eigenvalue weighted by Gasteiger charge is 2.21. The summed E-state index contributed by atoms with van der Waals surface area (Å²) in [5.74, 6) is -0.475. The average Bonchev–Trinajstić information content (AvgIpc) is 2.46. The summed E-state index contributed by atoms with van der Waals surface area (Å²) in [6.07, 6.45) is 0.172. The van der Waals surface area contributed by atoms with Crippen molar-refractivity contribution in [3.05, 3.63) is 70.7 Å². The van der Waals surface area contributed by atoms with Crippen molar-refractivity contribution in [2.75, 3.05) is 0 Å². The monoisotopic (exact) mass is 269 g/mol. The lowest BCUT2D eigenvalue weighted by Gasteiger charge is -2.13. The molecule has 1 unspecified atom stereocenters. The van der Waals surface area contributed by atoms with E-state index in [9.17, 15) is 4.79 Å². The summed E-state index contributed by atoms with van der Waals surface area (Å²) in [5.41, 5.74) is 1.44. The maximum atomic E-state index is 12.5. The van der Waals surface area contributed by atoms with Crippen molar-refractivity contribution >= 4 is 17.4 Å². The van der Waals surface area contributed by atoms with Gasteiger partial charge in [-0.05, 0) is 29.8 Å². The smallest absolute Gasteiger partial charge is 0.171 e. The van der Waals surface area contributed by atoms with E-state index >= 15 is 0 Å². The van der Waals surface area contributed by atoms with Gasteiger partial charge in [0.2, 0.25) is 0 Å². The minimum absolute atomic E-state index is 0.0515. The minimum Gasteiger partial charge on any atom is -0.293 e. The summed E-state index contributed by atoms with van der Waals surface area (Å²) in [5, 5.41) is 9.51. The third-order valence-electron chi connectivity index (χ3n) is 2.94. The third kappa shape index (κ3) is 3.21. The second-order valence-corrected chi connectivity index (χ2v) is 4.63. The molecule has 2 aromatic rings. The van der Waals surface area contributed by atoms with Crippen molar-refractivity contribution in [2.24, 2.45) is 0 Å². The number of ketones is 1. The summed E-state index contributed by atoms with van der Waals surface area (Å²) < 4.78 is 0. The zero-order valence-electron chi connectivity index (χ0n) is 10.2. The van der Waals surface area contributed by atoms with Gasteiger partial charge in [-0.25, -0.2) is 0 Å². The van der Waals surface area contributed by atoms with Gasteiger partial charge in [0, 0.05) is 17.0 Å². The van der Waals surface area contributed by atoms with E-state index in [2.05, 4.69) is 6.07 Å². The molecule has 19 heavy (non-hydrogen) atoms. The van der Waals surface area contributed by atoms with Gasteiger partial charge in [-0.15, -0.1) is 0 Å². The van der Waals surface area contributed by atoms with Crippen LogP contribution in [0.2, 0.25) is 5.02 Å². The van der Waals surface area contributed by atoms with Crippen molar-refractivity contribution < 1.29 is 4.79 Å². The molecule has 0 aliphatic heterocycles. The Bertz CT molecular complexity index is 599.